The average molecular weight is 143 g/mol. The Labute approximate surface area is 60.9 Å². The molecule has 4 heteroatoms. The standard InChI is InChI=1S/C6H13N3O/c1-4-5-8-9(3)6(10)7-2/h5H,4H2,1-3H3,(H,7,10). The summed E-state index contributed by atoms with van der Waals surface area (Å²) in [4.78, 5) is 10.7. The van der Waals surface area contributed by atoms with Gasteiger partial charge in [0, 0.05) is 20.3 Å². The summed E-state index contributed by atoms with van der Waals surface area (Å²) in [6, 6.07) is -0.204. The molecule has 10 heavy (non-hydrogen) atoms. The van der Waals surface area contributed by atoms with E-state index in [1.54, 1.807) is 20.3 Å². The summed E-state index contributed by atoms with van der Waals surface area (Å²) in [5.41, 5.74) is 0. The van der Waals surface area contributed by atoms with Crippen molar-refractivity contribution in [1.29, 1.82) is 0 Å². The summed E-state index contributed by atoms with van der Waals surface area (Å²) in [6.07, 6.45) is 2.51. The van der Waals surface area contributed by atoms with Gasteiger partial charge in [0.15, 0.2) is 0 Å². The molecule has 0 rings (SSSR count). The molecule has 1 N–H and O–H groups in total. The van der Waals surface area contributed by atoms with Crippen LogP contribution in [0.25, 0.3) is 0 Å². The number of hydrogen-bond donors (Lipinski definition) is 1. The van der Waals surface area contributed by atoms with Crippen LogP contribution < -0.4 is 5.32 Å². The van der Waals surface area contributed by atoms with E-state index in [1.807, 2.05) is 6.92 Å². The van der Waals surface area contributed by atoms with Crippen molar-refractivity contribution in [3.8, 4) is 0 Å². The molecule has 0 aliphatic heterocycles. The highest BCUT2D eigenvalue weighted by atomic mass is 16.2. The van der Waals surface area contributed by atoms with Gasteiger partial charge in [-0.3, -0.25) is 0 Å². The van der Waals surface area contributed by atoms with Crippen molar-refractivity contribution in [2.75, 3.05) is 14.1 Å². The number of rotatable bonds is 2. The van der Waals surface area contributed by atoms with E-state index < -0.39 is 0 Å². The van der Waals surface area contributed by atoms with Crippen LogP contribution in [-0.2, 0) is 0 Å². The first-order chi connectivity index (χ1) is 4.72. The molecule has 0 aliphatic rings. The fourth-order valence-corrected chi connectivity index (χ4v) is 0.418. The Balaban J connectivity index is 3.72. The van der Waals surface area contributed by atoms with Crippen molar-refractivity contribution in [2.24, 2.45) is 5.10 Å². The molecule has 4 nitrogen and oxygen atoms in total. The topological polar surface area (TPSA) is 44.7 Å². The van der Waals surface area contributed by atoms with Crippen LogP contribution in [-0.4, -0.2) is 31.3 Å². The van der Waals surface area contributed by atoms with E-state index >= 15 is 0 Å². The van der Waals surface area contributed by atoms with Gasteiger partial charge in [-0.15, -0.1) is 0 Å². The number of urea groups is 1. The zero-order valence-electron chi connectivity index (χ0n) is 6.59. The zero-order valence-corrected chi connectivity index (χ0v) is 6.59. The summed E-state index contributed by atoms with van der Waals surface area (Å²) < 4.78 is 0. The van der Waals surface area contributed by atoms with Crippen molar-refractivity contribution >= 4 is 12.2 Å². The molecule has 0 saturated carbocycles. The van der Waals surface area contributed by atoms with E-state index in [0.717, 1.165) is 6.42 Å². The molecular formula is C6H13N3O. The van der Waals surface area contributed by atoms with Gasteiger partial charge in [0.05, 0.1) is 0 Å². The van der Waals surface area contributed by atoms with Crippen molar-refractivity contribution in [2.45, 2.75) is 13.3 Å². The Hall–Kier alpha value is -1.06. The number of carbonyl (C=O) groups is 1. The van der Waals surface area contributed by atoms with E-state index in [9.17, 15) is 4.79 Å². The van der Waals surface area contributed by atoms with Gasteiger partial charge in [0.25, 0.3) is 0 Å². The fourth-order valence-electron chi connectivity index (χ4n) is 0.418. The molecule has 0 atom stereocenters. The minimum atomic E-state index is -0.204. The van der Waals surface area contributed by atoms with Crippen LogP contribution in [0.2, 0.25) is 0 Å². The normalized spacial score (nSPS) is 9.90. The van der Waals surface area contributed by atoms with Crippen LogP contribution in [0.4, 0.5) is 4.79 Å². The van der Waals surface area contributed by atoms with Crippen LogP contribution >= 0.6 is 0 Å². The lowest BCUT2D eigenvalue weighted by atomic mass is 10.6. The van der Waals surface area contributed by atoms with Crippen molar-refractivity contribution in [3.63, 3.8) is 0 Å². The number of amides is 2. The molecule has 0 aliphatic carbocycles. The van der Waals surface area contributed by atoms with Crippen LogP contribution in [0.3, 0.4) is 0 Å². The molecule has 0 aromatic heterocycles. The van der Waals surface area contributed by atoms with E-state index in [-0.39, 0.29) is 6.03 Å². The molecule has 0 bridgehead atoms. The van der Waals surface area contributed by atoms with Crippen LogP contribution in [0.15, 0.2) is 5.10 Å². The van der Waals surface area contributed by atoms with Gasteiger partial charge in [-0.25, -0.2) is 9.80 Å². The van der Waals surface area contributed by atoms with Crippen molar-refractivity contribution in [1.82, 2.24) is 10.3 Å². The van der Waals surface area contributed by atoms with Crippen molar-refractivity contribution in [3.05, 3.63) is 0 Å². The molecule has 0 aromatic carbocycles. The lowest BCUT2D eigenvalue weighted by molar-refractivity contribution is 0.213. The fraction of sp³-hybridized carbons (Fsp3) is 0.667. The maximum atomic E-state index is 10.7. The van der Waals surface area contributed by atoms with E-state index in [0.29, 0.717) is 0 Å². The maximum absolute atomic E-state index is 10.7. The minimum absolute atomic E-state index is 0.204. The molecule has 0 unspecified atom stereocenters. The number of nitrogens with one attached hydrogen (secondary N) is 1. The Morgan fingerprint density at radius 1 is 1.80 bits per heavy atom. The first kappa shape index (κ1) is 8.94. The first-order valence-corrected chi connectivity index (χ1v) is 3.20. The largest absolute Gasteiger partial charge is 0.340 e. The summed E-state index contributed by atoms with van der Waals surface area (Å²) in [5.74, 6) is 0. The predicted octanol–water partition coefficient (Wildman–Crippen LogP) is 0.653. The lowest BCUT2D eigenvalue weighted by Crippen LogP contribution is -2.30. The number of nitrogens with zero attached hydrogens (tertiary/aromatic N) is 2. The van der Waals surface area contributed by atoms with Crippen LogP contribution in [0, 0.1) is 0 Å². The Bertz CT molecular complexity index is 133. The highest BCUT2D eigenvalue weighted by Crippen LogP contribution is 1.82. The molecular weight excluding hydrogens is 130 g/mol. The van der Waals surface area contributed by atoms with Gasteiger partial charge in [-0.05, 0) is 6.42 Å². The van der Waals surface area contributed by atoms with Gasteiger partial charge >= 0.3 is 6.03 Å². The van der Waals surface area contributed by atoms with Gasteiger partial charge in [-0.1, -0.05) is 6.92 Å². The van der Waals surface area contributed by atoms with Gasteiger partial charge in [-0.2, -0.15) is 5.10 Å². The number of hydrogen-bond acceptors (Lipinski definition) is 2. The predicted molar refractivity (Wildman–Crippen MR) is 41.0 cm³/mol. The first-order valence-electron chi connectivity index (χ1n) is 3.20. The minimum Gasteiger partial charge on any atom is -0.340 e. The van der Waals surface area contributed by atoms with Gasteiger partial charge < -0.3 is 5.32 Å². The third-order valence-corrected chi connectivity index (χ3v) is 0.945. The summed E-state index contributed by atoms with van der Waals surface area (Å²) in [6.45, 7) is 1.96. The van der Waals surface area contributed by atoms with E-state index in [1.165, 1.54) is 5.01 Å². The molecule has 58 valence electrons. The SMILES string of the molecule is CCC=NN(C)C(=O)NC. The number of carbonyl (C=O) groups excluding carboxylic acids is 1. The maximum Gasteiger partial charge on any atom is 0.337 e. The van der Waals surface area contributed by atoms with Crippen LogP contribution in [0.1, 0.15) is 13.3 Å². The second-order valence-electron chi connectivity index (χ2n) is 1.79. The molecule has 0 saturated heterocycles. The highest BCUT2D eigenvalue weighted by molar-refractivity contribution is 5.74. The Morgan fingerprint density at radius 2 is 2.40 bits per heavy atom. The third kappa shape index (κ3) is 3.06. The summed E-state index contributed by atoms with van der Waals surface area (Å²) in [5, 5.41) is 7.51. The smallest absolute Gasteiger partial charge is 0.337 e. The molecule has 0 spiro atoms. The molecule has 0 heterocycles. The van der Waals surface area contributed by atoms with Crippen LogP contribution in [0.5, 0.6) is 0 Å². The van der Waals surface area contributed by atoms with E-state index in [2.05, 4.69) is 10.4 Å². The van der Waals surface area contributed by atoms with Crippen molar-refractivity contribution < 1.29 is 4.79 Å². The quantitative estimate of drug-likeness (QED) is 0.447. The molecule has 2 amide bonds. The third-order valence-electron chi connectivity index (χ3n) is 0.945. The molecule has 0 fully saturated rings. The number of hydrazone groups is 1. The average Bonchev–Trinajstić information content (AvgIpc) is 1.98. The summed E-state index contributed by atoms with van der Waals surface area (Å²) in [7, 11) is 3.17. The molecule has 0 radical (unpaired) electrons. The van der Waals surface area contributed by atoms with Gasteiger partial charge in [0.1, 0.15) is 0 Å². The molecule has 0 aromatic rings. The monoisotopic (exact) mass is 143 g/mol. The Morgan fingerprint density at radius 3 is 2.80 bits per heavy atom. The van der Waals surface area contributed by atoms with E-state index in [4.69, 9.17) is 0 Å². The van der Waals surface area contributed by atoms with Gasteiger partial charge in [0.2, 0.25) is 0 Å². The second kappa shape index (κ2) is 4.78. The summed E-state index contributed by atoms with van der Waals surface area (Å²) >= 11 is 0. The second-order valence-corrected chi connectivity index (χ2v) is 1.79. The Kier molecular flexibility index (Phi) is 4.28. The highest BCUT2D eigenvalue weighted by Gasteiger charge is 1.99. The lowest BCUT2D eigenvalue weighted by Gasteiger charge is -2.08. The zero-order chi connectivity index (χ0) is 7.98.